The van der Waals surface area contributed by atoms with Crippen molar-refractivity contribution in [2.24, 2.45) is 0 Å². The highest BCUT2D eigenvalue weighted by molar-refractivity contribution is 6.30. The van der Waals surface area contributed by atoms with E-state index < -0.39 is 0 Å². The number of fused-ring (bicyclic) bond motifs is 5. The molecule has 2 atom stereocenters. The normalized spacial score (nSPS) is 22.6. The number of hydrogen-bond acceptors (Lipinski definition) is 2. The fourth-order valence-corrected chi connectivity index (χ4v) is 3.41. The lowest BCUT2D eigenvalue weighted by atomic mass is 9.84. The smallest absolute Gasteiger partial charge is 0.131 e. The zero-order chi connectivity index (χ0) is 12.8. The van der Waals surface area contributed by atoms with Gasteiger partial charge in [0, 0.05) is 35.5 Å². The SMILES string of the molecule is Cl.Clc1ccc2c(c1)C1CNCC1c1ccccc1O2. The summed E-state index contributed by atoms with van der Waals surface area (Å²) >= 11 is 6.16. The Bertz CT molecular complexity index is 644. The van der Waals surface area contributed by atoms with Gasteiger partial charge in [0.05, 0.1) is 0 Å². The maximum absolute atomic E-state index is 6.16. The average molecular weight is 308 g/mol. The highest BCUT2D eigenvalue weighted by Gasteiger charge is 2.35. The second-order valence-corrected chi connectivity index (χ2v) is 5.63. The van der Waals surface area contributed by atoms with Gasteiger partial charge in [-0.2, -0.15) is 0 Å². The Balaban J connectivity index is 0.00000121. The van der Waals surface area contributed by atoms with Gasteiger partial charge in [-0.25, -0.2) is 0 Å². The van der Waals surface area contributed by atoms with Gasteiger partial charge in [-0.3, -0.25) is 0 Å². The number of ether oxygens (including phenoxy) is 1. The van der Waals surface area contributed by atoms with Crippen LogP contribution in [0.2, 0.25) is 5.02 Å². The van der Waals surface area contributed by atoms with E-state index in [4.69, 9.17) is 16.3 Å². The Kier molecular flexibility index (Phi) is 3.63. The molecule has 2 nitrogen and oxygen atoms in total. The molecule has 2 aliphatic rings. The number of para-hydroxylation sites is 1. The van der Waals surface area contributed by atoms with Gasteiger partial charge in [0.1, 0.15) is 11.5 Å². The van der Waals surface area contributed by atoms with Crippen molar-refractivity contribution in [3.05, 3.63) is 58.6 Å². The average Bonchev–Trinajstić information content (AvgIpc) is 2.86. The van der Waals surface area contributed by atoms with Crippen LogP contribution < -0.4 is 10.1 Å². The molecule has 104 valence electrons. The topological polar surface area (TPSA) is 21.3 Å². The number of halogens is 2. The Hall–Kier alpha value is -1.22. The third-order valence-corrected chi connectivity index (χ3v) is 4.36. The molecule has 1 fully saturated rings. The van der Waals surface area contributed by atoms with E-state index in [0.29, 0.717) is 11.8 Å². The summed E-state index contributed by atoms with van der Waals surface area (Å²) in [5, 5.41) is 4.27. The maximum Gasteiger partial charge on any atom is 0.131 e. The van der Waals surface area contributed by atoms with E-state index in [1.807, 2.05) is 24.3 Å². The quantitative estimate of drug-likeness (QED) is 0.782. The first-order chi connectivity index (χ1) is 9.33. The summed E-state index contributed by atoms with van der Waals surface area (Å²) in [4.78, 5) is 0. The predicted molar refractivity (Wildman–Crippen MR) is 83.6 cm³/mol. The van der Waals surface area contributed by atoms with Crippen molar-refractivity contribution >= 4 is 24.0 Å². The Morgan fingerprint density at radius 2 is 1.65 bits per heavy atom. The molecule has 2 aromatic rings. The largest absolute Gasteiger partial charge is 0.457 e. The molecule has 2 heterocycles. The molecule has 0 amide bonds. The molecule has 0 saturated carbocycles. The van der Waals surface area contributed by atoms with Crippen molar-refractivity contribution in [1.82, 2.24) is 5.32 Å². The van der Waals surface area contributed by atoms with Crippen LogP contribution >= 0.6 is 24.0 Å². The molecule has 0 spiro atoms. The zero-order valence-corrected chi connectivity index (χ0v) is 12.4. The Labute approximate surface area is 129 Å². The first-order valence-electron chi connectivity index (χ1n) is 6.60. The number of rotatable bonds is 0. The second kappa shape index (κ2) is 5.28. The van der Waals surface area contributed by atoms with Crippen molar-refractivity contribution in [3.8, 4) is 11.5 Å². The summed E-state index contributed by atoms with van der Waals surface area (Å²) in [6.07, 6.45) is 0. The summed E-state index contributed by atoms with van der Waals surface area (Å²) in [6, 6.07) is 14.3. The van der Waals surface area contributed by atoms with Crippen LogP contribution in [0.1, 0.15) is 23.0 Å². The molecule has 2 aromatic carbocycles. The van der Waals surface area contributed by atoms with Gasteiger partial charge in [0.2, 0.25) is 0 Å². The van der Waals surface area contributed by atoms with Gasteiger partial charge in [-0.05, 0) is 29.8 Å². The minimum absolute atomic E-state index is 0. The summed E-state index contributed by atoms with van der Waals surface area (Å²) in [5.74, 6) is 2.82. The summed E-state index contributed by atoms with van der Waals surface area (Å²) in [7, 11) is 0. The molecule has 20 heavy (non-hydrogen) atoms. The van der Waals surface area contributed by atoms with Crippen molar-refractivity contribution < 1.29 is 4.74 Å². The molecule has 1 N–H and O–H groups in total. The van der Waals surface area contributed by atoms with Crippen molar-refractivity contribution in [2.45, 2.75) is 11.8 Å². The lowest BCUT2D eigenvalue weighted by Crippen LogP contribution is -2.08. The second-order valence-electron chi connectivity index (χ2n) is 5.19. The first-order valence-corrected chi connectivity index (χ1v) is 6.97. The standard InChI is InChI=1S/C16H14ClNO.ClH/c17-10-5-6-16-12(7-10)14-9-18-8-13(14)11-3-1-2-4-15(11)19-16;/h1-7,13-14,18H,8-9H2;1H. The van der Waals surface area contributed by atoms with E-state index in [-0.39, 0.29) is 12.4 Å². The van der Waals surface area contributed by atoms with Crippen LogP contribution in [0.5, 0.6) is 11.5 Å². The van der Waals surface area contributed by atoms with Gasteiger partial charge >= 0.3 is 0 Å². The van der Waals surface area contributed by atoms with Crippen LogP contribution in [-0.4, -0.2) is 13.1 Å². The van der Waals surface area contributed by atoms with Crippen LogP contribution in [0.15, 0.2) is 42.5 Å². The lowest BCUT2D eigenvalue weighted by molar-refractivity contribution is 0.476. The number of benzene rings is 2. The number of nitrogens with one attached hydrogen (secondary N) is 1. The fourth-order valence-electron chi connectivity index (χ4n) is 3.23. The Morgan fingerprint density at radius 1 is 0.950 bits per heavy atom. The van der Waals surface area contributed by atoms with Crippen molar-refractivity contribution in [1.29, 1.82) is 0 Å². The number of hydrogen-bond donors (Lipinski definition) is 1. The van der Waals surface area contributed by atoms with Crippen molar-refractivity contribution in [2.75, 3.05) is 13.1 Å². The molecular formula is C16H15Cl2NO. The van der Waals surface area contributed by atoms with Crippen LogP contribution in [0, 0.1) is 0 Å². The molecule has 2 unspecified atom stereocenters. The Morgan fingerprint density at radius 3 is 2.50 bits per heavy atom. The van der Waals surface area contributed by atoms with E-state index >= 15 is 0 Å². The molecule has 0 aromatic heterocycles. The molecule has 4 rings (SSSR count). The molecule has 2 aliphatic heterocycles. The molecular weight excluding hydrogens is 293 g/mol. The maximum atomic E-state index is 6.16. The molecule has 0 radical (unpaired) electrons. The van der Waals surface area contributed by atoms with E-state index in [1.54, 1.807) is 0 Å². The van der Waals surface area contributed by atoms with E-state index in [1.165, 1.54) is 11.1 Å². The van der Waals surface area contributed by atoms with Crippen molar-refractivity contribution in [3.63, 3.8) is 0 Å². The summed E-state index contributed by atoms with van der Waals surface area (Å²) in [5.41, 5.74) is 2.52. The van der Waals surface area contributed by atoms with E-state index in [0.717, 1.165) is 29.6 Å². The monoisotopic (exact) mass is 307 g/mol. The predicted octanol–water partition coefficient (Wildman–Crippen LogP) is 4.34. The van der Waals surface area contributed by atoms with E-state index in [2.05, 4.69) is 23.5 Å². The minimum atomic E-state index is 0. The third-order valence-electron chi connectivity index (χ3n) is 4.12. The van der Waals surface area contributed by atoms with Crippen LogP contribution in [0.4, 0.5) is 0 Å². The van der Waals surface area contributed by atoms with Gasteiger partial charge in [0.15, 0.2) is 0 Å². The molecule has 0 aliphatic carbocycles. The van der Waals surface area contributed by atoms with Gasteiger partial charge in [0.25, 0.3) is 0 Å². The molecule has 1 saturated heterocycles. The van der Waals surface area contributed by atoms with E-state index in [9.17, 15) is 0 Å². The summed E-state index contributed by atoms with van der Waals surface area (Å²) < 4.78 is 6.11. The van der Waals surface area contributed by atoms with Crippen LogP contribution in [0.3, 0.4) is 0 Å². The first kappa shape index (κ1) is 13.7. The van der Waals surface area contributed by atoms with Gasteiger partial charge in [-0.15, -0.1) is 12.4 Å². The third kappa shape index (κ3) is 2.08. The van der Waals surface area contributed by atoms with Gasteiger partial charge < -0.3 is 10.1 Å². The fraction of sp³-hybridized carbons (Fsp3) is 0.250. The van der Waals surface area contributed by atoms with Gasteiger partial charge in [-0.1, -0.05) is 29.8 Å². The highest BCUT2D eigenvalue weighted by atomic mass is 35.5. The molecule has 4 heteroatoms. The van der Waals surface area contributed by atoms with Crippen LogP contribution in [-0.2, 0) is 0 Å². The highest BCUT2D eigenvalue weighted by Crippen LogP contribution is 2.48. The lowest BCUT2D eigenvalue weighted by Gasteiger charge is -2.17. The zero-order valence-electron chi connectivity index (χ0n) is 10.8. The molecule has 0 bridgehead atoms. The summed E-state index contributed by atoms with van der Waals surface area (Å²) in [6.45, 7) is 1.98. The minimum Gasteiger partial charge on any atom is -0.457 e. The van der Waals surface area contributed by atoms with Crippen LogP contribution in [0.25, 0.3) is 0 Å².